The van der Waals surface area contributed by atoms with Crippen LogP contribution in [0.25, 0.3) is 16.8 Å². The number of hydrogen-bond donors (Lipinski definition) is 1. The average molecular weight is 526 g/mol. The molecule has 0 bridgehead atoms. The molecule has 8 nitrogen and oxygen atoms in total. The molecule has 8 heteroatoms. The molecule has 1 N–H and O–H groups in total. The van der Waals surface area contributed by atoms with Crippen LogP contribution in [-0.2, 0) is 4.74 Å². The molecule has 6 rings (SSSR count). The van der Waals surface area contributed by atoms with E-state index in [9.17, 15) is 9.90 Å². The molecule has 2 aliphatic rings. The second kappa shape index (κ2) is 9.38. The van der Waals surface area contributed by atoms with Crippen LogP contribution < -0.4 is 4.90 Å². The quantitative estimate of drug-likeness (QED) is 0.348. The van der Waals surface area contributed by atoms with Gasteiger partial charge in [-0.2, -0.15) is 0 Å². The van der Waals surface area contributed by atoms with Crippen molar-refractivity contribution in [3.8, 4) is 11.1 Å². The highest BCUT2D eigenvalue weighted by Gasteiger charge is 2.38. The first kappa shape index (κ1) is 25.4. The van der Waals surface area contributed by atoms with E-state index in [0.717, 1.165) is 34.0 Å². The number of benzene rings is 1. The lowest BCUT2D eigenvalue weighted by Crippen LogP contribution is -2.59. The Morgan fingerprint density at radius 3 is 2.46 bits per heavy atom. The molecule has 2 aliphatic heterocycles. The molecule has 1 unspecified atom stereocenters. The van der Waals surface area contributed by atoms with Gasteiger partial charge in [-0.15, -0.1) is 0 Å². The van der Waals surface area contributed by atoms with Gasteiger partial charge in [0.15, 0.2) is 0 Å². The Labute approximate surface area is 228 Å². The van der Waals surface area contributed by atoms with Gasteiger partial charge in [-0.25, -0.2) is 14.8 Å². The van der Waals surface area contributed by atoms with Crippen LogP contribution >= 0.6 is 0 Å². The summed E-state index contributed by atoms with van der Waals surface area (Å²) in [6.07, 6.45) is 3.04. The Bertz CT molecular complexity index is 1540. The summed E-state index contributed by atoms with van der Waals surface area (Å²) in [4.78, 5) is 25.2. The van der Waals surface area contributed by atoms with E-state index in [1.165, 1.54) is 11.1 Å². The summed E-state index contributed by atoms with van der Waals surface area (Å²) in [5.74, 6) is 0.864. The molecule has 39 heavy (non-hydrogen) atoms. The zero-order valence-corrected chi connectivity index (χ0v) is 23.1. The maximum atomic E-state index is 11.8. The monoisotopic (exact) mass is 525 g/mol. The summed E-state index contributed by atoms with van der Waals surface area (Å²) in [6, 6.07) is 16.6. The summed E-state index contributed by atoms with van der Waals surface area (Å²) in [6.45, 7) is 12.1. The topological polar surface area (TPSA) is 83.2 Å². The SMILES string of the molecule is Cc1nc2ccc(-c3ccc(N4CCN(C(=O)O)C(C(C)(C)C)C4)nc3)cn2c1[C@H]1O[C@@H](C)c2ccccc21. The molecule has 1 fully saturated rings. The van der Waals surface area contributed by atoms with Crippen LogP contribution in [0.1, 0.15) is 62.4 Å². The fourth-order valence-corrected chi connectivity index (χ4v) is 6.05. The van der Waals surface area contributed by atoms with Gasteiger partial charge in [0.2, 0.25) is 0 Å². The zero-order chi connectivity index (χ0) is 27.5. The number of pyridine rings is 2. The van der Waals surface area contributed by atoms with Crippen molar-refractivity contribution in [2.75, 3.05) is 24.5 Å². The number of rotatable bonds is 3. The summed E-state index contributed by atoms with van der Waals surface area (Å²) < 4.78 is 8.58. The number of ether oxygens (including phenoxy) is 1. The van der Waals surface area contributed by atoms with Gasteiger partial charge in [0.05, 0.1) is 23.5 Å². The van der Waals surface area contributed by atoms with Crippen molar-refractivity contribution in [3.05, 3.63) is 83.4 Å². The Balaban J connectivity index is 1.30. The van der Waals surface area contributed by atoms with Gasteiger partial charge in [0.1, 0.15) is 17.6 Å². The van der Waals surface area contributed by atoms with Crippen molar-refractivity contribution >= 4 is 17.6 Å². The predicted octanol–water partition coefficient (Wildman–Crippen LogP) is 6.10. The summed E-state index contributed by atoms with van der Waals surface area (Å²) in [7, 11) is 0. The number of piperazine rings is 1. The molecule has 1 aromatic carbocycles. The van der Waals surface area contributed by atoms with Crippen LogP contribution in [0.2, 0.25) is 0 Å². The average Bonchev–Trinajstić information content (AvgIpc) is 3.42. The number of fused-ring (bicyclic) bond motifs is 2. The first-order valence-corrected chi connectivity index (χ1v) is 13.6. The second-order valence-corrected chi connectivity index (χ2v) is 11.7. The molecule has 3 atom stereocenters. The standard InChI is InChI=1S/C31H35N5O3/c1-19-28(29-24-9-7-6-8-23(24)20(2)39-29)36-17-22(11-13-27(36)33-19)21-10-12-26(32-16-21)34-14-15-35(30(37)38)25(18-34)31(3,4)5/h6-13,16-17,20,25,29H,14-15,18H2,1-5H3,(H,37,38)/t20-,25?,29-/m0/s1. The van der Waals surface area contributed by atoms with Crippen LogP contribution in [0.4, 0.5) is 10.6 Å². The lowest BCUT2D eigenvalue weighted by Gasteiger charge is -2.46. The third kappa shape index (κ3) is 4.42. The van der Waals surface area contributed by atoms with Crippen LogP contribution in [0.3, 0.4) is 0 Å². The number of imidazole rings is 1. The van der Waals surface area contributed by atoms with E-state index in [2.05, 4.69) is 79.6 Å². The van der Waals surface area contributed by atoms with Crippen LogP contribution in [0.15, 0.2) is 60.9 Å². The Kier molecular flexibility index (Phi) is 6.10. The smallest absolute Gasteiger partial charge is 0.407 e. The molecule has 0 saturated carbocycles. The van der Waals surface area contributed by atoms with Crippen molar-refractivity contribution in [2.45, 2.75) is 52.9 Å². The van der Waals surface area contributed by atoms with E-state index in [1.807, 2.05) is 25.3 Å². The predicted molar refractivity (Wildman–Crippen MR) is 151 cm³/mol. The molecule has 4 aromatic rings. The first-order chi connectivity index (χ1) is 18.6. The Morgan fingerprint density at radius 2 is 1.77 bits per heavy atom. The van der Waals surface area contributed by atoms with E-state index in [1.54, 1.807) is 4.90 Å². The van der Waals surface area contributed by atoms with Crippen LogP contribution in [-0.4, -0.2) is 56.1 Å². The number of nitrogens with zero attached hydrogens (tertiary/aromatic N) is 5. The minimum Gasteiger partial charge on any atom is -0.465 e. The van der Waals surface area contributed by atoms with Crippen LogP contribution in [0.5, 0.6) is 0 Å². The van der Waals surface area contributed by atoms with E-state index < -0.39 is 6.09 Å². The lowest BCUT2D eigenvalue weighted by molar-refractivity contribution is 0.0424. The third-order valence-corrected chi connectivity index (χ3v) is 8.18. The Hall–Kier alpha value is -3.91. The summed E-state index contributed by atoms with van der Waals surface area (Å²) in [5.41, 5.74) is 7.21. The number of aromatic nitrogens is 3. The maximum absolute atomic E-state index is 11.8. The molecule has 0 spiro atoms. The van der Waals surface area contributed by atoms with Crippen molar-refractivity contribution in [1.29, 1.82) is 0 Å². The number of carbonyl (C=O) groups is 1. The fraction of sp³-hybridized carbons (Fsp3) is 0.387. The lowest BCUT2D eigenvalue weighted by atomic mass is 9.84. The van der Waals surface area contributed by atoms with E-state index >= 15 is 0 Å². The second-order valence-electron chi connectivity index (χ2n) is 11.7. The molecule has 202 valence electrons. The highest BCUT2D eigenvalue weighted by Crippen LogP contribution is 2.43. The van der Waals surface area contributed by atoms with E-state index in [-0.39, 0.29) is 23.7 Å². The third-order valence-electron chi connectivity index (χ3n) is 8.18. The fourth-order valence-electron chi connectivity index (χ4n) is 6.05. The largest absolute Gasteiger partial charge is 0.465 e. The molecule has 1 amide bonds. The molecular weight excluding hydrogens is 490 g/mol. The molecule has 0 aliphatic carbocycles. The summed E-state index contributed by atoms with van der Waals surface area (Å²) >= 11 is 0. The molecule has 5 heterocycles. The zero-order valence-electron chi connectivity index (χ0n) is 23.1. The van der Waals surface area contributed by atoms with E-state index in [0.29, 0.717) is 19.6 Å². The van der Waals surface area contributed by atoms with Crippen molar-refractivity contribution in [1.82, 2.24) is 19.3 Å². The number of anilines is 1. The minimum atomic E-state index is -0.858. The van der Waals surface area contributed by atoms with Gasteiger partial charge in [0.25, 0.3) is 0 Å². The van der Waals surface area contributed by atoms with Gasteiger partial charge in [-0.1, -0.05) is 45.0 Å². The van der Waals surface area contributed by atoms with E-state index in [4.69, 9.17) is 14.7 Å². The van der Waals surface area contributed by atoms with Crippen LogP contribution in [0, 0.1) is 12.3 Å². The van der Waals surface area contributed by atoms with Crippen molar-refractivity contribution in [3.63, 3.8) is 0 Å². The first-order valence-electron chi connectivity index (χ1n) is 13.6. The molecular formula is C31H35N5O3. The molecule has 0 radical (unpaired) electrons. The normalized spacial score (nSPS) is 21.4. The highest BCUT2D eigenvalue weighted by molar-refractivity contribution is 5.67. The highest BCUT2D eigenvalue weighted by atomic mass is 16.5. The number of hydrogen-bond acceptors (Lipinski definition) is 5. The number of amides is 1. The Morgan fingerprint density at radius 1 is 1.03 bits per heavy atom. The van der Waals surface area contributed by atoms with Gasteiger partial charge in [0, 0.05) is 43.2 Å². The minimum absolute atomic E-state index is 0.0336. The van der Waals surface area contributed by atoms with Gasteiger partial charge < -0.3 is 24.0 Å². The van der Waals surface area contributed by atoms with Gasteiger partial charge >= 0.3 is 6.09 Å². The van der Waals surface area contributed by atoms with Gasteiger partial charge in [-0.05, 0) is 54.7 Å². The number of carboxylic acid groups (broad SMARTS) is 1. The van der Waals surface area contributed by atoms with Crippen molar-refractivity contribution < 1.29 is 14.6 Å². The van der Waals surface area contributed by atoms with Crippen molar-refractivity contribution in [2.24, 2.45) is 5.41 Å². The number of aryl methyl sites for hydroxylation is 1. The maximum Gasteiger partial charge on any atom is 0.407 e. The van der Waals surface area contributed by atoms with Gasteiger partial charge in [-0.3, -0.25) is 0 Å². The summed E-state index contributed by atoms with van der Waals surface area (Å²) in [5, 5.41) is 9.70. The molecule has 1 saturated heterocycles. The molecule has 3 aromatic heterocycles.